The fourth-order valence-electron chi connectivity index (χ4n) is 5.03. The Balaban J connectivity index is 0.000000261. The predicted molar refractivity (Wildman–Crippen MR) is 190 cm³/mol. The molecule has 252 valence electrons. The van der Waals surface area contributed by atoms with Crippen molar-refractivity contribution in [2.45, 2.75) is 67.2 Å². The van der Waals surface area contributed by atoms with Crippen molar-refractivity contribution in [1.82, 2.24) is 0 Å². The summed E-state index contributed by atoms with van der Waals surface area (Å²) in [4.78, 5) is 49.2. The van der Waals surface area contributed by atoms with Crippen LogP contribution < -0.4 is 14.2 Å². The van der Waals surface area contributed by atoms with E-state index in [4.69, 9.17) is 14.2 Å². The molecule has 0 unspecified atom stereocenters. The number of hydrogen-bond donors (Lipinski definition) is 0. The third-order valence-electron chi connectivity index (χ3n) is 8.32. The van der Waals surface area contributed by atoms with Gasteiger partial charge in [-0.1, -0.05) is 24.3 Å². The molecule has 0 saturated heterocycles. The lowest BCUT2D eigenvalue weighted by atomic mass is 9.98. The van der Waals surface area contributed by atoms with E-state index in [9.17, 15) is 19.2 Å². The fraction of sp³-hybridized carbons (Fsp3) is 0.317. The SMILES string of the molecule is CCOc1cc(C(=O)CCC(=O)c2ccc(C)c(C)c2)ccc1OC.COc1ccc(C(=O)CCC(=O)c2ccc(C)c(C)c2)cc1C. The molecule has 0 heterocycles. The van der Waals surface area contributed by atoms with Gasteiger partial charge in [0.1, 0.15) is 5.75 Å². The van der Waals surface area contributed by atoms with Gasteiger partial charge in [-0.25, -0.2) is 0 Å². The van der Waals surface area contributed by atoms with E-state index in [-0.39, 0.29) is 48.8 Å². The highest BCUT2D eigenvalue weighted by atomic mass is 16.5. The third kappa shape index (κ3) is 10.2. The van der Waals surface area contributed by atoms with E-state index in [1.165, 1.54) is 0 Å². The van der Waals surface area contributed by atoms with E-state index >= 15 is 0 Å². The molecule has 0 aliphatic heterocycles. The van der Waals surface area contributed by atoms with E-state index in [0.717, 1.165) is 33.6 Å². The summed E-state index contributed by atoms with van der Waals surface area (Å²) in [5.74, 6) is 1.77. The van der Waals surface area contributed by atoms with E-state index in [2.05, 4.69) is 0 Å². The molecule has 4 rings (SSSR count). The number of carbonyl (C=O) groups excluding carboxylic acids is 4. The van der Waals surface area contributed by atoms with E-state index in [0.29, 0.717) is 40.4 Å². The summed E-state index contributed by atoms with van der Waals surface area (Å²) < 4.78 is 15.9. The van der Waals surface area contributed by atoms with Gasteiger partial charge in [0, 0.05) is 47.9 Å². The fourth-order valence-corrected chi connectivity index (χ4v) is 5.03. The van der Waals surface area contributed by atoms with Gasteiger partial charge in [0.2, 0.25) is 0 Å². The number of ketones is 4. The number of aryl methyl sites for hydroxylation is 5. The highest BCUT2D eigenvalue weighted by molar-refractivity contribution is 6.03. The minimum absolute atomic E-state index is 0.00619. The lowest BCUT2D eigenvalue weighted by Crippen LogP contribution is -2.06. The first-order chi connectivity index (χ1) is 22.9. The van der Waals surface area contributed by atoms with Gasteiger partial charge >= 0.3 is 0 Å². The summed E-state index contributed by atoms with van der Waals surface area (Å²) in [5, 5.41) is 0. The van der Waals surface area contributed by atoms with Crippen molar-refractivity contribution in [2.75, 3.05) is 20.8 Å². The molecule has 0 amide bonds. The second-order valence-corrected chi connectivity index (χ2v) is 11.8. The minimum atomic E-state index is -0.0826. The summed E-state index contributed by atoms with van der Waals surface area (Å²) in [6.07, 6.45) is 0.810. The Morgan fingerprint density at radius 1 is 0.438 bits per heavy atom. The lowest BCUT2D eigenvalue weighted by molar-refractivity contribution is 0.0917. The molecule has 0 radical (unpaired) electrons. The molecule has 0 fully saturated rings. The van der Waals surface area contributed by atoms with Crippen LogP contribution in [0.1, 0.15) is 102 Å². The van der Waals surface area contributed by atoms with Gasteiger partial charge in [0.15, 0.2) is 34.6 Å². The molecular weight excluding hydrogens is 604 g/mol. The summed E-state index contributed by atoms with van der Waals surface area (Å²) in [6, 6.07) is 21.7. The van der Waals surface area contributed by atoms with Crippen molar-refractivity contribution in [3.8, 4) is 17.2 Å². The predicted octanol–water partition coefficient (Wildman–Crippen LogP) is 9.02. The highest BCUT2D eigenvalue weighted by Gasteiger charge is 2.15. The van der Waals surface area contributed by atoms with Gasteiger partial charge in [0.25, 0.3) is 0 Å². The Morgan fingerprint density at radius 3 is 1.15 bits per heavy atom. The van der Waals surface area contributed by atoms with Crippen LogP contribution in [0.25, 0.3) is 0 Å². The van der Waals surface area contributed by atoms with Crippen LogP contribution in [0, 0.1) is 34.6 Å². The Labute approximate surface area is 284 Å². The van der Waals surface area contributed by atoms with E-state index in [1.54, 1.807) is 44.6 Å². The maximum absolute atomic E-state index is 12.4. The van der Waals surface area contributed by atoms with Crippen LogP contribution in [0.15, 0.2) is 72.8 Å². The zero-order chi connectivity index (χ0) is 35.4. The number of benzene rings is 4. The van der Waals surface area contributed by atoms with E-state index < -0.39 is 0 Å². The number of ether oxygens (including phenoxy) is 3. The van der Waals surface area contributed by atoms with Gasteiger partial charge in [0.05, 0.1) is 20.8 Å². The molecule has 7 nitrogen and oxygen atoms in total. The normalized spacial score (nSPS) is 10.4. The molecule has 4 aromatic carbocycles. The van der Waals surface area contributed by atoms with Crippen LogP contribution in [0.2, 0.25) is 0 Å². The maximum atomic E-state index is 12.4. The molecule has 0 N–H and O–H groups in total. The molecule has 0 aliphatic rings. The van der Waals surface area contributed by atoms with Crippen LogP contribution in [0.5, 0.6) is 17.2 Å². The monoisotopic (exact) mass is 650 g/mol. The van der Waals surface area contributed by atoms with Crippen molar-refractivity contribution in [3.05, 3.63) is 123 Å². The quantitative estimate of drug-likeness (QED) is 0.126. The second kappa shape index (κ2) is 17.8. The van der Waals surface area contributed by atoms with Crippen molar-refractivity contribution in [1.29, 1.82) is 0 Å². The summed E-state index contributed by atoms with van der Waals surface area (Å²) >= 11 is 0. The first-order valence-electron chi connectivity index (χ1n) is 16.1. The number of methoxy groups -OCH3 is 2. The first kappa shape index (κ1) is 37.4. The number of hydrogen-bond acceptors (Lipinski definition) is 7. The molecule has 0 saturated carbocycles. The van der Waals surface area contributed by atoms with Crippen molar-refractivity contribution in [2.24, 2.45) is 0 Å². The van der Waals surface area contributed by atoms with Crippen LogP contribution in [-0.4, -0.2) is 44.0 Å². The average molecular weight is 651 g/mol. The topological polar surface area (TPSA) is 96.0 Å². The van der Waals surface area contributed by atoms with Crippen LogP contribution >= 0.6 is 0 Å². The Bertz CT molecular complexity index is 1780. The van der Waals surface area contributed by atoms with E-state index in [1.807, 2.05) is 84.0 Å². The van der Waals surface area contributed by atoms with Gasteiger partial charge in [-0.15, -0.1) is 0 Å². The minimum Gasteiger partial charge on any atom is -0.496 e. The molecule has 0 atom stereocenters. The smallest absolute Gasteiger partial charge is 0.163 e. The lowest BCUT2D eigenvalue weighted by Gasteiger charge is -2.10. The molecule has 4 aromatic rings. The Kier molecular flexibility index (Phi) is 13.8. The van der Waals surface area contributed by atoms with Gasteiger partial charge < -0.3 is 14.2 Å². The summed E-state index contributed by atoms with van der Waals surface area (Å²) in [5.41, 5.74) is 7.86. The van der Waals surface area contributed by atoms with Crippen LogP contribution in [-0.2, 0) is 0 Å². The second-order valence-electron chi connectivity index (χ2n) is 11.8. The first-order valence-corrected chi connectivity index (χ1v) is 16.1. The number of Topliss-reactive ketones (excluding diaryl/α,β-unsaturated/α-hetero) is 4. The molecule has 7 heteroatoms. The van der Waals surface area contributed by atoms with Gasteiger partial charge in [-0.2, -0.15) is 0 Å². The molecule has 48 heavy (non-hydrogen) atoms. The van der Waals surface area contributed by atoms with Gasteiger partial charge in [-0.05, 0) is 118 Å². The van der Waals surface area contributed by atoms with Crippen molar-refractivity contribution >= 4 is 23.1 Å². The molecule has 0 aromatic heterocycles. The maximum Gasteiger partial charge on any atom is 0.163 e. The number of carbonyl (C=O) groups is 4. The number of rotatable bonds is 14. The molecule has 0 aliphatic carbocycles. The summed E-state index contributed by atoms with van der Waals surface area (Å²) in [7, 11) is 3.16. The standard InChI is InChI=1S/C21H24O4.C20H22O3/c1-5-25-21-13-17(8-11-20(21)24-4)19(23)10-9-18(22)16-7-6-14(2)15(3)12-16;1-13-5-6-16(11-14(13)2)18(21)8-9-19(22)17-7-10-20(23-4)15(3)12-17/h6-8,11-13H,5,9-10H2,1-4H3;5-7,10-12H,8-9H2,1-4H3. The van der Waals surface area contributed by atoms with Gasteiger partial charge in [-0.3, -0.25) is 19.2 Å². The highest BCUT2D eigenvalue weighted by Crippen LogP contribution is 2.29. The molecule has 0 spiro atoms. The van der Waals surface area contributed by atoms with Crippen LogP contribution in [0.3, 0.4) is 0 Å². The largest absolute Gasteiger partial charge is 0.496 e. The summed E-state index contributed by atoms with van der Waals surface area (Å²) in [6.45, 7) is 12.2. The zero-order valence-electron chi connectivity index (χ0n) is 29.3. The Hall–Kier alpha value is -5.04. The van der Waals surface area contributed by atoms with Crippen LogP contribution in [0.4, 0.5) is 0 Å². The zero-order valence-corrected chi connectivity index (χ0v) is 29.3. The molecule has 0 bridgehead atoms. The van der Waals surface area contributed by atoms with Crippen molar-refractivity contribution in [3.63, 3.8) is 0 Å². The average Bonchev–Trinajstić information content (AvgIpc) is 3.08. The Morgan fingerprint density at radius 2 is 0.792 bits per heavy atom. The molecular formula is C41H46O7. The third-order valence-corrected chi connectivity index (χ3v) is 8.32. The van der Waals surface area contributed by atoms with Crippen molar-refractivity contribution < 1.29 is 33.4 Å².